The number of amides is 1. The van der Waals surface area contributed by atoms with Crippen molar-refractivity contribution in [2.45, 2.75) is 13.3 Å². The molecule has 1 atom stereocenters. The number of rotatable bonds is 2. The van der Waals surface area contributed by atoms with Crippen LogP contribution in [0.4, 0.5) is 5.69 Å². The monoisotopic (exact) mass is 274 g/mol. The Labute approximate surface area is 112 Å². The van der Waals surface area contributed by atoms with Crippen molar-refractivity contribution in [1.82, 2.24) is 5.32 Å². The molecule has 94 valence electrons. The minimum atomic E-state index is -0.292. The number of carbonyl (C=O) groups is 1. The van der Waals surface area contributed by atoms with Gasteiger partial charge in [-0.1, -0.05) is 11.6 Å². The van der Waals surface area contributed by atoms with Gasteiger partial charge in [0, 0.05) is 17.3 Å². The molecule has 2 N–H and O–H groups in total. The zero-order chi connectivity index (χ0) is 11.6. The van der Waals surface area contributed by atoms with E-state index in [9.17, 15) is 4.79 Å². The maximum absolute atomic E-state index is 12.0. The van der Waals surface area contributed by atoms with Crippen molar-refractivity contribution < 1.29 is 4.79 Å². The molecule has 5 heteroatoms. The topological polar surface area (TPSA) is 41.1 Å². The van der Waals surface area contributed by atoms with Gasteiger partial charge in [-0.05, 0) is 44.2 Å². The van der Waals surface area contributed by atoms with Crippen molar-refractivity contribution in [2.24, 2.45) is 5.41 Å². The second-order valence-corrected chi connectivity index (χ2v) is 4.88. The summed E-state index contributed by atoms with van der Waals surface area (Å²) in [6.45, 7) is 3.63. The lowest BCUT2D eigenvalue weighted by Gasteiger charge is -2.21. The molecule has 1 aromatic rings. The van der Waals surface area contributed by atoms with E-state index in [0.717, 1.165) is 25.2 Å². The molecular formula is C12H16Cl2N2O. The third-order valence-electron chi connectivity index (χ3n) is 3.02. The van der Waals surface area contributed by atoms with Crippen LogP contribution in [0, 0.1) is 5.41 Å². The Hall–Kier alpha value is -0.770. The van der Waals surface area contributed by atoms with Crippen molar-refractivity contribution in [3.63, 3.8) is 0 Å². The normalized spacial score (nSPS) is 22.9. The van der Waals surface area contributed by atoms with E-state index < -0.39 is 0 Å². The molecule has 0 aliphatic carbocycles. The van der Waals surface area contributed by atoms with Crippen LogP contribution in [0.25, 0.3) is 0 Å². The van der Waals surface area contributed by atoms with Crippen LogP contribution in [-0.2, 0) is 4.79 Å². The minimum Gasteiger partial charge on any atom is -0.326 e. The van der Waals surface area contributed by atoms with Crippen LogP contribution < -0.4 is 10.6 Å². The lowest BCUT2D eigenvalue weighted by atomic mass is 9.89. The molecule has 0 bridgehead atoms. The lowest BCUT2D eigenvalue weighted by Crippen LogP contribution is -2.35. The highest BCUT2D eigenvalue weighted by molar-refractivity contribution is 6.30. The van der Waals surface area contributed by atoms with Crippen LogP contribution in [0.15, 0.2) is 24.3 Å². The maximum atomic E-state index is 12.0. The van der Waals surface area contributed by atoms with E-state index in [-0.39, 0.29) is 23.7 Å². The fraction of sp³-hybridized carbons (Fsp3) is 0.417. The predicted octanol–water partition coefficient (Wildman–Crippen LogP) is 2.70. The third kappa shape index (κ3) is 3.35. The molecule has 1 unspecified atom stereocenters. The van der Waals surface area contributed by atoms with Crippen LogP contribution >= 0.6 is 24.0 Å². The highest BCUT2D eigenvalue weighted by Crippen LogP contribution is 2.26. The van der Waals surface area contributed by atoms with E-state index >= 15 is 0 Å². The van der Waals surface area contributed by atoms with Gasteiger partial charge in [-0.3, -0.25) is 4.79 Å². The zero-order valence-corrected chi connectivity index (χ0v) is 11.2. The summed E-state index contributed by atoms with van der Waals surface area (Å²) in [5.41, 5.74) is 0.502. The van der Waals surface area contributed by atoms with E-state index in [0.29, 0.717) is 5.02 Å². The second-order valence-electron chi connectivity index (χ2n) is 4.45. The van der Waals surface area contributed by atoms with Crippen LogP contribution in [0.3, 0.4) is 0 Å². The Morgan fingerprint density at radius 1 is 1.41 bits per heavy atom. The molecule has 17 heavy (non-hydrogen) atoms. The summed E-state index contributed by atoms with van der Waals surface area (Å²) in [6.07, 6.45) is 0.881. The summed E-state index contributed by atoms with van der Waals surface area (Å²) >= 11 is 5.78. The van der Waals surface area contributed by atoms with Crippen molar-refractivity contribution in [3.05, 3.63) is 29.3 Å². The molecule has 0 aromatic heterocycles. The SMILES string of the molecule is CC1(C(=O)Nc2ccc(Cl)cc2)CCNC1.Cl. The van der Waals surface area contributed by atoms with Crippen molar-refractivity contribution in [1.29, 1.82) is 0 Å². The number of nitrogens with one attached hydrogen (secondary N) is 2. The van der Waals surface area contributed by atoms with Gasteiger partial charge in [-0.2, -0.15) is 0 Å². The first kappa shape index (κ1) is 14.3. The number of benzene rings is 1. The van der Waals surface area contributed by atoms with Gasteiger partial charge in [0.2, 0.25) is 5.91 Å². The van der Waals surface area contributed by atoms with Crippen LogP contribution in [-0.4, -0.2) is 19.0 Å². The number of halogens is 2. The van der Waals surface area contributed by atoms with Gasteiger partial charge in [-0.25, -0.2) is 0 Å². The predicted molar refractivity (Wildman–Crippen MR) is 72.9 cm³/mol. The van der Waals surface area contributed by atoms with Crippen LogP contribution in [0.2, 0.25) is 5.02 Å². The highest BCUT2D eigenvalue weighted by Gasteiger charge is 2.36. The van der Waals surface area contributed by atoms with Gasteiger partial charge >= 0.3 is 0 Å². The fourth-order valence-corrected chi connectivity index (χ4v) is 1.95. The van der Waals surface area contributed by atoms with Gasteiger partial charge in [-0.15, -0.1) is 12.4 Å². The molecule has 0 radical (unpaired) electrons. The Morgan fingerprint density at radius 3 is 2.59 bits per heavy atom. The van der Waals surface area contributed by atoms with Gasteiger partial charge in [0.15, 0.2) is 0 Å². The number of hydrogen-bond acceptors (Lipinski definition) is 2. The highest BCUT2D eigenvalue weighted by atomic mass is 35.5. The molecule has 1 fully saturated rings. The molecule has 1 aliphatic rings. The van der Waals surface area contributed by atoms with Gasteiger partial charge in [0.1, 0.15) is 0 Å². The van der Waals surface area contributed by atoms with E-state index in [1.807, 2.05) is 19.1 Å². The molecular weight excluding hydrogens is 259 g/mol. The Balaban J connectivity index is 0.00000144. The third-order valence-corrected chi connectivity index (χ3v) is 3.27. The van der Waals surface area contributed by atoms with E-state index in [2.05, 4.69) is 10.6 Å². The zero-order valence-electron chi connectivity index (χ0n) is 9.63. The van der Waals surface area contributed by atoms with Crippen LogP contribution in [0.5, 0.6) is 0 Å². The summed E-state index contributed by atoms with van der Waals surface area (Å²) in [6, 6.07) is 7.16. The fourth-order valence-electron chi connectivity index (χ4n) is 1.83. The molecule has 3 nitrogen and oxygen atoms in total. The number of hydrogen-bond donors (Lipinski definition) is 2. The summed E-state index contributed by atoms with van der Waals surface area (Å²) in [5.74, 6) is 0.0693. The first-order chi connectivity index (χ1) is 7.60. The molecule has 1 amide bonds. The summed E-state index contributed by atoms with van der Waals surface area (Å²) in [7, 11) is 0. The van der Waals surface area contributed by atoms with Crippen molar-refractivity contribution in [2.75, 3.05) is 18.4 Å². The van der Waals surface area contributed by atoms with Crippen molar-refractivity contribution >= 4 is 35.6 Å². The minimum absolute atomic E-state index is 0. The van der Waals surface area contributed by atoms with Gasteiger partial charge < -0.3 is 10.6 Å². The summed E-state index contributed by atoms with van der Waals surface area (Å²) in [5, 5.41) is 6.79. The van der Waals surface area contributed by atoms with Crippen molar-refractivity contribution in [3.8, 4) is 0 Å². The van der Waals surface area contributed by atoms with Gasteiger partial charge in [0.25, 0.3) is 0 Å². The first-order valence-corrected chi connectivity index (χ1v) is 5.76. The second kappa shape index (κ2) is 5.71. The van der Waals surface area contributed by atoms with Gasteiger partial charge in [0.05, 0.1) is 5.41 Å². The Bertz CT molecular complexity index is 386. The average molecular weight is 275 g/mol. The van der Waals surface area contributed by atoms with E-state index in [4.69, 9.17) is 11.6 Å². The van der Waals surface area contributed by atoms with E-state index in [1.165, 1.54) is 0 Å². The first-order valence-electron chi connectivity index (χ1n) is 5.38. The van der Waals surface area contributed by atoms with E-state index in [1.54, 1.807) is 12.1 Å². The number of carbonyl (C=O) groups excluding carboxylic acids is 1. The van der Waals surface area contributed by atoms with Crippen LogP contribution in [0.1, 0.15) is 13.3 Å². The average Bonchev–Trinajstić information content (AvgIpc) is 2.70. The standard InChI is InChI=1S/C12H15ClN2O.ClH/c1-12(6-7-14-8-12)11(16)15-10-4-2-9(13)3-5-10;/h2-5,14H,6-8H2,1H3,(H,15,16);1H. The quantitative estimate of drug-likeness (QED) is 0.871. The molecule has 1 aliphatic heterocycles. The number of anilines is 1. The Morgan fingerprint density at radius 2 is 2.06 bits per heavy atom. The smallest absolute Gasteiger partial charge is 0.231 e. The summed E-state index contributed by atoms with van der Waals surface area (Å²) < 4.78 is 0. The largest absolute Gasteiger partial charge is 0.326 e. The Kier molecular flexibility index (Phi) is 4.80. The lowest BCUT2D eigenvalue weighted by molar-refractivity contribution is -0.123. The molecule has 2 rings (SSSR count). The molecule has 1 heterocycles. The molecule has 0 spiro atoms. The maximum Gasteiger partial charge on any atom is 0.231 e. The molecule has 1 aromatic carbocycles. The summed E-state index contributed by atoms with van der Waals surface area (Å²) in [4.78, 5) is 12.0. The molecule has 1 saturated heterocycles. The molecule has 0 saturated carbocycles.